The molecule has 106 valence electrons. The van der Waals surface area contributed by atoms with Crippen molar-refractivity contribution in [3.8, 4) is 0 Å². The van der Waals surface area contributed by atoms with E-state index in [1.807, 2.05) is 42.6 Å². The Hall–Kier alpha value is -2.07. The van der Waals surface area contributed by atoms with Crippen molar-refractivity contribution in [1.29, 1.82) is 0 Å². The van der Waals surface area contributed by atoms with Gasteiger partial charge in [-0.05, 0) is 24.6 Å². The predicted octanol–water partition coefficient (Wildman–Crippen LogP) is 2.51. The van der Waals surface area contributed by atoms with Crippen LogP contribution in [0.25, 0.3) is 0 Å². The van der Waals surface area contributed by atoms with E-state index in [1.165, 1.54) is 7.11 Å². The van der Waals surface area contributed by atoms with Gasteiger partial charge in [0, 0.05) is 25.0 Å². The number of rotatable bonds is 6. The van der Waals surface area contributed by atoms with E-state index in [0.29, 0.717) is 6.54 Å². The van der Waals surface area contributed by atoms with E-state index in [-0.39, 0.29) is 5.97 Å². The first-order chi connectivity index (χ1) is 9.76. The minimum Gasteiger partial charge on any atom is -0.468 e. The molecule has 1 unspecified atom stereocenters. The van der Waals surface area contributed by atoms with Gasteiger partial charge in [0.05, 0.1) is 7.11 Å². The van der Waals surface area contributed by atoms with E-state index < -0.39 is 6.04 Å². The number of aromatic nitrogens is 1. The minimum absolute atomic E-state index is 0.272. The van der Waals surface area contributed by atoms with Crippen LogP contribution in [0.4, 0.5) is 0 Å². The van der Waals surface area contributed by atoms with Crippen LogP contribution in [0.5, 0.6) is 0 Å². The third-order valence-electron chi connectivity index (χ3n) is 3.32. The molecule has 0 saturated heterocycles. The number of esters is 1. The van der Waals surface area contributed by atoms with Crippen LogP contribution in [-0.2, 0) is 22.6 Å². The van der Waals surface area contributed by atoms with E-state index in [1.54, 1.807) is 0 Å². The Morgan fingerprint density at radius 1 is 1.25 bits per heavy atom. The van der Waals surface area contributed by atoms with Crippen molar-refractivity contribution in [3.63, 3.8) is 0 Å². The van der Waals surface area contributed by atoms with Crippen molar-refractivity contribution in [1.82, 2.24) is 9.88 Å². The van der Waals surface area contributed by atoms with Crippen LogP contribution in [-0.4, -0.2) is 17.6 Å². The van der Waals surface area contributed by atoms with Gasteiger partial charge in [0.2, 0.25) is 0 Å². The number of aryl methyl sites for hydroxylation is 1. The number of carbonyl (C=O) groups excluding carboxylic acids is 1. The normalized spacial score (nSPS) is 12.1. The summed E-state index contributed by atoms with van der Waals surface area (Å²) in [6, 6.07) is 13.2. The summed E-state index contributed by atoms with van der Waals surface area (Å²) in [5.74, 6) is -0.272. The lowest BCUT2D eigenvalue weighted by Gasteiger charge is -2.17. The highest BCUT2D eigenvalue weighted by molar-refractivity contribution is 5.77. The molecule has 0 fully saturated rings. The Morgan fingerprint density at radius 3 is 2.65 bits per heavy atom. The Kier molecular flexibility index (Phi) is 4.96. The summed E-state index contributed by atoms with van der Waals surface area (Å²) in [4.78, 5) is 11.9. The summed E-state index contributed by atoms with van der Waals surface area (Å²) in [7, 11) is 1.41. The Morgan fingerprint density at radius 2 is 2.00 bits per heavy atom. The van der Waals surface area contributed by atoms with E-state index >= 15 is 0 Å². The number of nitrogens with zero attached hydrogens (tertiary/aromatic N) is 1. The molecule has 0 bridgehead atoms. The molecule has 1 aromatic heterocycles. The van der Waals surface area contributed by atoms with Gasteiger partial charge in [-0.25, -0.2) is 4.79 Å². The lowest BCUT2D eigenvalue weighted by atomic mass is 10.1. The van der Waals surface area contributed by atoms with Crippen molar-refractivity contribution in [3.05, 3.63) is 59.9 Å². The first-order valence-electron chi connectivity index (χ1n) is 6.76. The van der Waals surface area contributed by atoms with Crippen molar-refractivity contribution in [2.24, 2.45) is 0 Å². The molecule has 1 atom stereocenters. The predicted molar refractivity (Wildman–Crippen MR) is 78.1 cm³/mol. The third-order valence-corrected chi connectivity index (χ3v) is 3.32. The molecule has 0 aliphatic heterocycles. The van der Waals surface area contributed by atoms with Crippen LogP contribution in [0, 0.1) is 0 Å². The van der Waals surface area contributed by atoms with Crippen LogP contribution in [0.2, 0.25) is 0 Å². The summed E-state index contributed by atoms with van der Waals surface area (Å²) < 4.78 is 7.03. The van der Waals surface area contributed by atoms with Crippen LogP contribution in [0.3, 0.4) is 0 Å². The minimum atomic E-state index is -0.443. The number of carbonyl (C=O) groups is 1. The number of benzene rings is 1. The molecule has 0 amide bonds. The average molecular weight is 272 g/mol. The van der Waals surface area contributed by atoms with Gasteiger partial charge in [0.25, 0.3) is 0 Å². The second-order valence-corrected chi connectivity index (χ2v) is 4.53. The van der Waals surface area contributed by atoms with E-state index in [0.717, 1.165) is 17.8 Å². The standard InChI is InChI=1S/C16H20N2O2/c1-3-18-11-7-10-14(18)12-17-15(16(19)20-2)13-8-5-4-6-9-13/h4-11,15,17H,3,12H2,1-2H3. The van der Waals surface area contributed by atoms with E-state index in [2.05, 4.69) is 22.9 Å². The summed E-state index contributed by atoms with van der Waals surface area (Å²) in [6.07, 6.45) is 2.03. The number of methoxy groups -OCH3 is 1. The fourth-order valence-corrected chi connectivity index (χ4v) is 2.23. The quantitative estimate of drug-likeness (QED) is 0.822. The molecule has 0 spiro atoms. The fraction of sp³-hybridized carbons (Fsp3) is 0.312. The Labute approximate surface area is 119 Å². The molecule has 2 rings (SSSR count). The fourth-order valence-electron chi connectivity index (χ4n) is 2.23. The number of hydrogen-bond acceptors (Lipinski definition) is 3. The molecule has 1 N–H and O–H groups in total. The Balaban J connectivity index is 2.11. The molecule has 0 saturated carbocycles. The molecule has 2 aromatic rings. The zero-order valence-corrected chi connectivity index (χ0v) is 11.9. The highest BCUT2D eigenvalue weighted by Gasteiger charge is 2.20. The lowest BCUT2D eigenvalue weighted by Crippen LogP contribution is -2.29. The number of ether oxygens (including phenoxy) is 1. The average Bonchev–Trinajstić information content (AvgIpc) is 2.95. The maximum absolute atomic E-state index is 11.9. The molecule has 0 aliphatic rings. The molecule has 4 heteroatoms. The smallest absolute Gasteiger partial charge is 0.327 e. The van der Waals surface area contributed by atoms with Crippen LogP contribution in [0.1, 0.15) is 24.2 Å². The van der Waals surface area contributed by atoms with Gasteiger partial charge in [-0.3, -0.25) is 5.32 Å². The maximum Gasteiger partial charge on any atom is 0.327 e. The first-order valence-corrected chi connectivity index (χ1v) is 6.76. The Bertz CT molecular complexity index is 549. The van der Waals surface area contributed by atoms with Gasteiger partial charge in [-0.1, -0.05) is 30.3 Å². The monoisotopic (exact) mass is 272 g/mol. The topological polar surface area (TPSA) is 43.3 Å². The number of hydrogen-bond donors (Lipinski definition) is 1. The van der Waals surface area contributed by atoms with Crippen molar-refractivity contribution < 1.29 is 9.53 Å². The molecule has 20 heavy (non-hydrogen) atoms. The van der Waals surface area contributed by atoms with Crippen molar-refractivity contribution >= 4 is 5.97 Å². The van der Waals surface area contributed by atoms with Gasteiger partial charge in [-0.2, -0.15) is 0 Å². The highest BCUT2D eigenvalue weighted by Crippen LogP contribution is 2.15. The van der Waals surface area contributed by atoms with Gasteiger partial charge in [0.1, 0.15) is 6.04 Å². The molecular formula is C16H20N2O2. The summed E-state index contributed by atoms with van der Waals surface area (Å²) in [5, 5.41) is 3.27. The van der Waals surface area contributed by atoms with Gasteiger partial charge < -0.3 is 9.30 Å². The van der Waals surface area contributed by atoms with Crippen LogP contribution >= 0.6 is 0 Å². The summed E-state index contributed by atoms with van der Waals surface area (Å²) in [6.45, 7) is 3.63. The first kappa shape index (κ1) is 14.3. The maximum atomic E-state index is 11.9. The van der Waals surface area contributed by atoms with Crippen molar-refractivity contribution in [2.75, 3.05) is 7.11 Å². The molecular weight excluding hydrogens is 252 g/mol. The van der Waals surface area contributed by atoms with Gasteiger partial charge >= 0.3 is 5.97 Å². The van der Waals surface area contributed by atoms with Gasteiger partial charge in [0.15, 0.2) is 0 Å². The van der Waals surface area contributed by atoms with Crippen LogP contribution < -0.4 is 5.32 Å². The molecule has 0 radical (unpaired) electrons. The molecule has 0 aliphatic carbocycles. The summed E-state index contributed by atoms with van der Waals surface area (Å²) >= 11 is 0. The third kappa shape index (κ3) is 3.27. The second-order valence-electron chi connectivity index (χ2n) is 4.53. The number of nitrogens with one attached hydrogen (secondary N) is 1. The molecule has 4 nitrogen and oxygen atoms in total. The lowest BCUT2D eigenvalue weighted by molar-refractivity contribution is -0.143. The highest BCUT2D eigenvalue weighted by atomic mass is 16.5. The molecule has 1 aromatic carbocycles. The van der Waals surface area contributed by atoms with Gasteiger partial charge in [-0.15, -0.1) is 0 Å². The second kappa shape index (κ2) is 6.91. The van der Waals surface area contributed by atoms with Crippen LogP contribution in [0.15, 0.2) is 48.7 Å². The van der Waals surface area contributed by atoms with E-state index in [9.17, 15) is 4.79 Å². The largest absolute Gasteiger partial charge is 0.468 e. The SMILES string of the molecule is CCn1cccc1CNC(C(=O)OC)c1ccccc1. The summed E-state index contributed by atoms with van der Waals surface area (Å²) in [5.41, 5.74) is 2.06. The zero-order valence-electron chi connectivity index (χ0n) is 11.9. The molecule has 1 heterocycles. The zero-order chi connectivity index (χ0) is 14.4. The van der Waals surface area contributed by atoms with Crippen molar-refractivity contribution in [2.45, 2.75) is 26.1 Å². The van der Waals surface area contributed by atoms with E-state index in [4.69, 9.17) is 4.74 Å².